The molecule has 0 saturated heterocycles. The summed E-state index contributed by atoms with van der Waals surface area (Å²) in [7, 11) is 0. The molecule has 56 heavy (non-hydrogen) atoms. The van der Waals surface area contributed by atoms with E-state index in [2.05, 4.69) is 95.2 Å². The van der Waals surface area contributed by atoms with Crippen molar-refractivity contribution in [1.29, 1.82) is 0 Å². The summed E-state index contributed by atoms with van der Waals surface area (Å²) in [5, 5.41) is 42.3. The van der Waals surface area contributed by atoms with Crippen molar-refractivity contribution < 1.29 is 19.8 Å². The third-order valence-corrected chi connectivity index (χ3v) is 10.7. The lowest BCUT2D eigenvalue weighted by Crippen LogP contribution is -2.44. The molecule has 4 aromatic carbocycles. The van der Waals surface area contributed by atoms with Crippen LogP contribution in [0.5, 0.6) is 0 Å². The Morgan fingerprint density at radius 2 is 0.875 bits per heavy atom. The van der Waals surface area contributed by atoms with Crippen LogP contribution in [-0.2, 0) is 36.7 Å². The molecule has 0 fully saturated rings. The van der Waals surface area contributed by atoms with Crippen molar-refractivity contribution in [3.8, 4) is 11.4 Å². The Labute approximate surface area is 329 Å². The van der Waals surface area contributed by atoms with Crippen LogP contribution in [-0.4, -0.2) is 52.1 Å². The first kappa shape index (κ1) is 40.3. The molecule has 0 amide bonds. The van der Waals surface area contributed by atoms with Crippen LogP contribution < -0.4 is 0 Å². The van der Waals surface area contributed by atoms with Crippen LogP contribution in [0.25, 0.3) is 33.4 Å². The molecule has 2 aromatic heterocycles. The molecule has 0 unspecified atom stereocenters. The first-order chi connectivity index (χ1) is 25.9. The van der Waals surface area contributed by atoms with E-state index in [0.29, 0.717) is 44.6 Å². The number of rotatable bonds is 9. The fourth-order valence-corrected chi connectivity index (χ4v) is 7.65. The van der Waals surface area contributed by atoms with Crippen molar-refractivity contribution in [3.05, 3.63) is 106 Å². The minimum Gasteiger partial charge on any atom is -0.481 e. The molecular weight excluding hydrogens is 701 g/mol. The molecule has 0 aliphatic heterocycles. The van der Waals surface area contributed by atoms with Gasteiger partial charge in [0.25, 0.3) is 0 Å². The van der Waals surface area contributed by atoms with Gasteiger partial charge >= 0.3 is 11.9 Å². The van der Waals surface area contributed by atoms with E-state index < -0.39 is 28.2 Å². The number of hydrogen-bond acceptors (Lipinski definition) is 6. The van der Waals surface area contributed by atoms with E-state index in [-0.39, 0.29) is 30.1 Å². The molecule has 6 rings (SSSR count). The van der Waals surface area contributed by atoms with E-state index in [4.69, 9.17) is 20.4 Å². The Morgan fingerprint density at radius 1 is 0.536 bits per heavy atom. The summed E-state index contributed by atoms with van der Waals surface area (Å²) in [5.74, 6) is -2.11. The Bertz CT molecular complexity index is 2240. The van der Waals surface area contributed by atoms with Gasteiger partial charge < -0.3 is 10.2 Å². The molecule has 0 aliphatic rings. The molecule has 0 radical (unpaired) electrons. The fourth-order valence-electron chi connectivity index (χ4n) is 7.65. The summed E-state index contributed by atoms with van der Waals surface area (Å²) in [5.41, 5.74) is 4.69. The lowest BCUT2D eigenvalue weighted by Gasteiger charge is -2.42. The number of carbonyl (C=O) groups is 2. The van der Waals surface area contributed by atoms with Gasteiger partial charge in [0, 0.05) is 17.5 Å². The molecule has 0 spiro atoms. The van der Waals surface area contributed by atoms with Crippen molar-refractivity contribution in [1.82, 2.24) is 30.0 Å². The molecule has 10 nitrogen and oxygen atoms in total. The smallest absolute Gasteiger partial charge is 0.318 e. The molecule has 6 aromatic rings. The number of carboxylic acid groups (broad SMARTS) is 2. The number of carboxylic acids is 2. The summed E-state index contributed by atoms with van der Waals surface area (Å²) in [6.45, 7) is 25.4. The lowest BCUT2D eigenvalue weighted by atomic mass is 9.61. The average molecular weight is 757 g/mol. The first-order valence-electron chi connectivity index (χ1n) is 19.4. The Hall–Kier alpha value is -5.38. The van der Waals surface area contributed by atoms with Gasteiger partial charge in [-0.3, -0.25) is 9.59 Å². The number of benzene rings is 4. The highest BCUT2D eigenvalue weighted by Gasteiger charge is 2.51. The second-order valence-corrected chi connectivity index (χ2v) is 19.2. The molecule has 0 atom stereocenters. The molecule has 0 saturated carbocycles. The van der Waals surface area contributed by atoms with Gasteiger partial charge in [-0.2, -0.15) is 9.59 Å². The number of aromatic nitrogens is 6. The number of nitrogens with zero attached hydrogens (tertiary/aromatic N) is 6. The minimum absolute atomic E-state index is 0.0356. The first-order valence-corrected chi connectivity index (χ1v) is 19.4. The van der Waals surface area contributed by atoms with Crippen molar-refractivity contribution in [2.75, 3.05) is 0 Å². The Balaban J connectivity index is 1.92. The third-order valence-electron chi connectivity index (χ3n) is 10.7. The summed E-state index contributed by atoms with van der Waals surface area (Å²) in [6, 6.07) is 23.5. The van der Waals surface area contributed by atoms with Gasteiger partial charge in [0.1, 0.15) is 27.5 Å². The monoisotopic (exact) mass is 756 g/mol. The van der Waals surface area contributed by atoms with Crippen LogP contribution in [0.2, 0.25) is 0 Å². The largest absolute Gasteiger partial charge is 0.481 e. The predicted octanol–water partition coefficient (Wildman–Crippen LogP) is 9.97. The Kier molecular flexibility index (Phi) is 10.1. The van der Waals surface area contributed by atoms with Crippen LogP contribution >= 0.6 is 0 Å². The number of fused-ring (bicyclic) bond motifs is 2. The molecular formula is C46H56N6O4. The van der Waals surface area contributed by atoms with E-state index in [1.165, 1.54) is 0 Å². The van der Waals surface area contributed by atoms with Gasteiger partial charge in [-0.25, -0.2) is 0 Å². The topological polar surface area (TPSA) is 136 Å². The maximum atomic E-state index is 15.1. The van der Waals surface area contributed by atoms with Crippen molar-refractivity contribution in [2.24, 2.45) is 0 Å². The standard InChI is InChI=1S/C46H56N6O4/c1-42(2,3)28-24-30(44(7,8)9)39(36(26-28)51-47-32-18-13-14-19-33(32)48-51)46(41(55)56,23-17-22-38(53)54)40-31(45(10,11)12)25-29(43(4,5)6)27-37(40)52-49-34-20-15-16-21-35(34)50-52/h13-16,18-21,24-27H,17,22-23H2,1-12H3,(H,53,54)(H,55,56). The van der Waals surface area contributed by atoms with Gasteiger partial charge in [-0.15, -0.1) is 20.4 Å². The van der Waals surface area contributed by atoms with Crippen LogP contribution in [0.3, 0.4) is 0 Å². The molecule has 0 aliphatic carbocycles. The van der Waals surface area contributed by atoms with E-state index in [0.717, 1.165) is 22.3 Å². The van der Waals surface area contributed by atoms with Crippen molar-refractivity contribution in [2.45, 2.75) is 129 Å². The van der Waals surface area contributed by atoms with E-state index >= 15 is 4.79 Å². The van der Waals surface area contributed by atoms with Crippen LogP contribution in [0.4, 0.5) is 0 Å². The van der Waals surface area contributed by atoms with Gasteiger partial charge in [0.2, 0.25) is 0 Å². The lowest BCUT2D eigenvalue weighted by molar-refractivity contribution is -0.143. The molecule has 10 heteroatoms. The van der Waals surface area contributed by atoms with E-state index in [1.54, 1.807) is 9.59 Å². The van der Waals surface area contributed by atoms with Gasteiger partial charge in [-0.1, -0.05) is 119 Å². The zero-order valence-corrected chi connectivity index (χ0v) is 34.9. The zero-order valence-electron chi connectivity index (χ0n) is 34.9. The quantitative estimate of drug-likeness (QED) is 0.149. The molecule has 2 N–H and O–H groups in total. The van der Waals surface area contributed by atoms with E-state index in [9.17, 15) is 15.0 Å². The normalized spacial score (nSPS) is 13.1. The highest BCUT2D eigenvalue weighted by Crippen LogP contribution is 2.52. The second-order valence-electron chi connectivity index (χ2n) is 19.2. The van der Waals surface area contributed by atoms with Crippen LogP contribution in [0, 0.1) is 0 Å². The minimum atomic E-state index is -1.85. The summed E-state index contributed by atoms with van der Waals surface area (Å²) in [4.78, 5) is 30.5. The second kappa shape index (κ2) is 14.0. The number of aliphatic carboxylic acids is 2. The fraction of sp³-hybridized carbons (Fsp3) is 0.435. The van der Waals surface area contributed by atoms with Crippen molar-refractivity contribution in [3.63, 3.8) is 0 Å². The van der Waals surface area contributed by atoms with Gasteiger partial charge in [0.15, 0.2) is 0 Å². The maximum Gasteiger partial charge on any atom is 0.318 e. The summed E-state index contributed by atoms with van der Waals surface area (Å²) >= 11 is 0. The molecule has 294 valence electrons. The van der Waals surface area contributed by atoms with Gasteiger partial charge in [-0.05, 0) is 93.2 Å². The summed E-state index contributed by atoms with van der Waals surface area (Å²) in [6.07, 6.45) is -0.172. The predicted molar refractivity (Wildman–Crippen MR) is 222 cm³/mol. The SMILES string of the molecule is CC(C)(C)c1cc(-n2nc3ccccc3n2)c(C(CCCC(=O)O)(C(=O)O)c2c(-n3nc4ccccc4n3)cc(C(C)(C)C)cc2C(C)(C)C)c(C(C)(C)C)c1. The number of hydrogen-bond donors (Lipinski definition) is 2. The Morgan fingerprint density at radius 3 is 1.14 bits per heavy atom. The molecule has 2 heterocycles. The third kappa shape index (κ3) is 7.45. The zero-order chi connectivity index (χ0) is 41.2. The van der Waals surface area contributed by atoms with Gasteiger partial charge in [0.05, 0.1) is 11.4 Å². The highest BCUT2D eigenvalue weighted by atomic mass is 16.4. The highest BCUT2D eigenvalue weighted by molar-refractivity contribution is 5.91. The van der Waals surface area contributed by atoms with Crippen LogP contribution in [0.1, 0.15) is 136 Å². The summed E-state index contributed by atoms with van der Waals surface area (Å²) < 4.78 is 0. The molecule has 0 bridgehead atoms. The van der Waals surface area contributed by atoms with Crippen molar-refractivity contribution >= 4 is 34.0 Å². The van der Waals surface area contributed by atoms with Crippen LogP contribution in [0.15, 0.2) is 72.8 Å². The average Bonchev–Trinajstić information content (AvgIpc) is 3.72. The van der Waals surface area contributed by atoms with E-state index in [1.807, 2.05) is 60.7 Å². The maximum absolute atomic E-state index is 15.1.